The van der Waals surface area contributed by atoms with Crippen LogP contribution in [0, 0.1) is 11.6 Å². The highest BCUT2D eigenvalue weighted by Crippen LogP contribution is 2.12. The number of methoxy groups -OCH3 is 1. The Morgan fingerprint density at radius 1 is 1.24 bits per heavy atom. The summed E-state index contributed by atoms with van der Waals surface area (Å²) in [6, 6.07) is 3.85. The van der Waals surface area contributed by atoms with Crippen molar-refractivity contribution in [3.63, 3.8) is 0 Å². The van der Waals surface area contributed by atoms with Crippen LogP contribution in [0.5, 0.6) is 0 Å². The second-order valence-corrected chi connectivity index (χ2v) is 4.34. The van der Waals surface area contributed by atoms with Gasteiger partial charge in [0.15, 0.2) is 11.6 Å². The Labute approximate surface area is 101 Å². The first-order valence-corrected chi connectivity index (χ1v) is 5.75. The molecule has 0 amide bonds. The molecular weight excluding hydrogens is 224 g/mol. The summed E-state index contributed by atoms with van der Waals surface area (Å²) in [7, 11) is 1.66. The lowest BCUT2D eigenvalue weighted by Gasteiger charge is -2.14. The molecule has 96 valence electrons. The standard InChI is InChI=1S/C13H19F2NO/c1-9(17-2)3-5-11(16)7-10-4-6-12(14)13(15)8-10/h4,6,8-9,11H,3,5,7,16H2,1-2H3. The van der Waals surface area contributed by atoms with Gasteiger partial charge in [0.1, 0.15) is 0 Å². The predicted octanol–water partition coefficient (Wildman–Crippen LogP) is 2.65. The van der Waals surface area contributed by atoms with E-state index in [-0.39, 0.29) is 12.1 Å². The monoisotopic (exact) mass is 243 g/mol. The van der Waals surface area contributed by atoms with Gasteiger partial charge in [-0.2, -0.15) is 0 Å². The molecule has 0 aliphatic rings. The number of nitrogens with two attached hydrogens (primary N) is 1. The van der Waals surface area contributed by atoms with Crippen molar-refractivity contribution in [2.45, 2.75) is 38.3 Å². The van der Waals surface area contributed by atoms with Crippen molar-refractivity contribution in [1.29, 1.82) is 0 Å². The van der Waals surface area contributed by atoms with Crippen molar-refractivity contribution in [1.82, 2.24) is 0 Å². The first-order chi connectivity index (χ1) is 8.02. The molecule has 2 nitrogen and oxygen atoms in total. The van der Waals surface area contributed by atoms with Crippen LogP contribution in [-0.2, 0) is 11.2 Å². The van der Waals surface area contributed by atoms with E-state index in [9.17, 15) is 8.78 Å². The fourth-order valence-corrected chi connectivity index (χ4v) is 1.64. The molecule has 0 aliphatic carbocycles. The third kappa shape index (κ3) is 4.79. The van der Waals surface area contributed by atoms with E-state index in [1.54, 1.807) is 13.2 Å². The molecule has 0 aliphatic heterocycles. The van der Waals surface area contributed by atoms with E-state index >= 15 is 0 Å². The highest BCUT2D eigenvalue weighted by molar-refractivity contribution is 5.18. The second kappa shape index (κ2) is 6.67. The molecule has 4 heteroatoms. The van der Waals surface area contributed by atoms with Crippen LogP contribution in [0.3, 0.4) is 0 Å². The van der Waals surface area contributed by atoms with Crippen molar-refractivity contribution in [3.05, 3.63) is 35.4 Å². The number of halogens is 2. The quantitative estimate of drug-likeness (QED) is 0.833. The van der Waals surface area contributed by atoms with E-state index < -0.39 is 11.6 Å². The summed E-state index contributed by atoms with van der Waals surface area (Å²) >= 11 is 0. The molecule has 0 radical (unpaired) electrons. The summed E-state index contributed by atoms with van der Waals surface area (Å²) in [5, 5.41) is 0. The van der Waals surface area contributed by atoms with Crippen molar-refractivity contribution in [3.8, 4) is 0 Å². The van der Waals surface area contributed by atoms with E-state index in [1.807, 2.05) is 6.92 Å². The largest absolute Gasteiger partial charge is 0.382 e. The van der Waals surface area contributed by atoms with E-state index in [4.69, 9.17) is 10.5 Å². The Hall–Kier alpha value is -1.00. The van der Waals surface area contributed by atoms with Gasteiger partial charge in [-0.1, -0.05) is 6.07 Å². The molecule has 1 aromatic carbocycles. The molecule has 0 aromatic heterocycles. The molecule has 2 unspecified atom stereocenters. The molecule has 1 rings (SSSR count). The molecule has 17 heavy (non-hydrogen) atoms. The van der Waals surface area contributed by atoms with E-state index in [1.165, 1.54) is 6.07 Å². The summed E-state index contributed by atoms with van der Waals surface area (Å²) in [6.45, 7) is 1.98. The van der Waals surface area contributed by atoms with Gasteiger partial charge in [0.05, 0.1) is 6.10 Å². The minimum Gasteiger partial charge on any atom is -0.382 e. The number of ether oxygens (including phenoxy) is 1. The van der Waals surface area contributed by atoms with Crippen LogP contribution in [0.4, 0.5) is 8.78 Å². The van der Waals surface area contributed by atoms with Gasteiger partial charge in [0.2, 0.25) is 0 Å². The van der Waals surface area contributed by atoms with Gasteiger partial charge in [0, 0.05) is 13.2 Å². The summed E-state index contributed by atoms with van der Waals surface area (Å²) in [4.78, 5) is 0. The predicted molar refractivity (Wildman–Crippen MR) is 63.7 cm³/mol. The first-order valence-electron chi connectivity index (χ1n) is 5.75. The average molecular weight is 243 g/mol. The molecule has 0 heterocycles. The van der Waals surface area contributed by atoms with Crippen molar-refractivity contribution in [2.24, 2.45) is 5.73 Å². The van der Waals surface area contributed by atoms with E-state index in [0.29, 0.717) is 6.42 Å². The lowest BCUT2D eigenvalue weighted by molar-refractivity contribution is 0.107. The van der Waals surface area contributed by atoms with Crippen LogP contribution in [0.1, 0.15) is 25.3 Å². The van der Waals surface area contributed by atoms with E-state index in [0.717, 1.165) is 24.5 Å². The molecule has 0 fully saturated rings. The van der Waals surface area contributed by atoms with Gasteiger partial charge in [-0.25, -0.2) is 8.78 Å². The van der Waals surface area contributed by atoms with Gasteiger partial charge in [0.25, 0.3) is 0 Å². The molecule has 0 spiro atoms. The minimum absolute atomic E-state index is 0.0579. The highest BCUT2D eigenvalue weighted by Gasteiger charge is 2.09. The van der Waals surface area contributed by atoms with E-state index in [2.05, 4.69) is 0 Å². The fourth-order valence-electron chi connectivity index (χ4n) is 1.64. The number of benzene rings is 1. The molecule has 2 N–H and O–H groups in total. The molecular formula is C13H19F2NO. The van der Waals surface area contributed by atoms with Crippen molar-refractivity contribution in [2.75, 3.05) is 7.11 Å². The van der Waals surface area contributed by atoms with Gasteiger partial charge < -0.3 is 10.5 Å². The van der Waals surface area contributed by atoms with Gasteiger partial charge >= 0.3 is 0 Å². The Kier molecular flexibility index (Phi) is 5.51. The highest BCUT2D eigenvalue weighted by atomic mass is 19.2. The summed E-state index contributed by atoms with van der Waals surface area (Å²) in [6.07, 6.45) is 2.38. The third-order valence-corrected chi connectivity index (χ3v) is 2.83. The Balaban J connectivity index is 2.44. The zero-order valence-corrected chi connectivity index (χ0v) is 10.2. The van der Waals surface area contributed by atoms with Crippen LogP contribution in [0.25, 0.3) is 0 Å². The minimum atomic E-state index is -0.824. The van der Waals surface area contributed by atoms with Crippen molar-refractivity contribution < 1.29 is 13.5 Å². The lowest BCUT2D eigenvalue weighted by Crippen LogP contribution is -2.24. The maximum atomic E-state index is 13.0. The summed E-state index contributed by atoms with van der Waals surface area (Å²) in [5.74, 6) is -1.64. The first kappa shape index (κ1) is 14.1. The van der Waals surface area contributed by atoms with Crippen LogP contribution < -0.4 is 5.73 Å². The Morgan fingerprint density at radius 3 is 2.53 bits per heavy atom. The Morgan fingerprint density at radius 2 is 1.94 bits per heavy atom. The van der Waals surface area contributed by atoms with Crippen LogP contribution in [-0.4, -0.2) is 19.3 Å². The zero-order chi connectivity index (χ0) is 12.8. The number of hydrogen-bond donors (Lipinski definition) is 1. The smallest absolute Gasteiger partial charge is 0.159 e. The molecule has 0 saturated heterocycles. The van der Waals surface area contributed by atoms with Gasteiger partial charge in [-0.15, -0.1) is 0 Å². The fraction of sp³-hybridized carbons (Fsp3) is 0.538. The normalized spacial score (nSPS) is 14.6. The summed E-state index contributed by atoms with van der Waals surface area (Å²) < 4.78 is 30.8. The maximum Gasteiger partial charge on any atom is 0.159 e. The van der Waals surface area contributed by atoms with Gasteiger partial charge in [-0.05, 0) is 43.9 Å². The lowest BCUT2D eigenvalue weighted by atomic mass is 10.0. The molecule has 0 bridgehead atoms. The number of hydrogen-bond acceptors (Lipinski definition) is 2. The summed E-state index contributed by atoms with van der Waals surface area (Å²) in [5.41, 5.74) is 6.65. The average Bonchev–Trinajstić information content (AvgIpc) is 2.31. The Bertz CT molecular complexity index is 357. The van der Waals surface area contributed by atoms with Crippen LogP contribution >= 0.6 is 0 Å². The van der Waals surface area contributed by atoms with Crippen LogP contribution in [0.2, 0.25) is 0 Å². The molecule has 0 saturated carbocycles. The topological polar surface area (TPSA) is 35.2 Å². The van der Waals surface area contributed by atoms with Crippen LogP contribution in [0.15, 0.2) is 18.2 Å². The van der Waals surface area contributed by atoms with Crippen molar-refractivity contribution >= 4 is 0 Å². The number of rotatable bonds is 6. The molecule has 2 atom stereocenters. The zero-order valence-electron chi connectivity index (χ0n) is 10.2. The third-order valence-electron chi connectivity index (χ3n) is 2.83. The second-order valence-electron chi connectivity index (χ2n) is 4.34. The molecule has 1 aromatic rings. The van der Waals surface area contributed by atoms with Gasteiger partial charge in [-0.3, -0.25) is 0 Å². The maximum absolute atomic E-state index is 13.0. The SMILES string of the molecule is COC(C)CCC(N)Cc1ccc(F)c(F)c1.